The molecule has 0 radical (unpaired) electrons. The number of aromatic nitrogens is 3. The van der Waals surface area contributed by atoms with E-state index in [-0.39, 0.29) is 17.3 Å². The molecule has 7 nitrogen and oxygen atoms in total. The molecule has 31 heavy (non-hydrogen) atoms. The number of hydrogen-bond acceptors (Lipinski definition) is 6. The first kappa shape index (κ1) is 23.2. The van der Waals surface area contributed by atoms with Crippen molar-refractivity contribution in [3.63, 3.8) is 0 Å². The summed E-state index contributed by atoms with van der Waals surface area (Å²) in [6, 6.07) is 7.75. The minimum Gasteiger partial charge on any atom is -0.497 e. The number of thioether (sulfide) groups is 1. The van der Waals surface area contributed by atoms with E-state index in [9.17, 15) is 4.79 Å². The first-order chi connectivity index (χ1) is 15.0. The molecule has 0 aliphatic heterocycles. The zero-order valence-corrected chi connectivity index (χ0v) is 19.4. The molecule has 1 heterocycles. The number of nitrogens with one attached hydrogen (secondary N) is 1. The lowest BCUT2D eigenvalue weighted by Gasteiger charge is -2.24. The Labute approximate surface area is 188 Å². The summed E-state index contributed by atoms with van der Waals surface area (Å²) >= 11 is 1.41. The smallest absolute Gasteiger partial charge is 0.233 e. The number of ether oxygens (including phenoxy) is 2. The Kier molecular flexibility index (Phi) is 8.40. The molecule has 1 N–H and O–H groups in total. The largest absolute Gasteiger partial charge is 0.497 e. The molecule has 2 aromatic rings. The molecule has 2 unspecified atom stereocenters. The SMILES string of the molecule is C=CCn1c(SC(C)C(=O)NC2CCCCC2)nnc1C(C)Oc1cccc(OC)c1. The fourth-order valence-corrected chi connectivity index (χ4v) is 4.57. The molecule has 168 valence electrons. The van der Waals surface area contributed by atoms with Gasteiger partial charge in [-0.25, -0.2) is 0 Å². The Bertz CT molecular complexity index is 879. The molecule has 1 fully saturated rings. The van der Waals surface area contributed by atoms with Gasteiger partial charge in [-0.2, -0.15) is 0 Å². The van der Waals surface area contributed by atoms with E-state index in [1.165, 1.54) is 31.0 Å². The highest BCUT2D eigenvalue weighted by Gasteiger charge is 2.25. The van der Waals surface area contributed by atoms with Crippen LogP contribution in [0.3, 0.4) is 0 Å². The molecule has 0 saturated heterocycles. The van der Waals surface area contributed by atoms with Gasteiger partial charge in [0.25, 0.3) is 0 Å². The second-order valence-electron chi connectivity index (χ2n) is 7.78. The van der Waals surface area contributed by atoms with E-state index in [0.29, 0.717) is 29.3 Å². The quantitative estimate of drug-likeness (QED) is 0.428. The fraction of sp³-hybridized carbons (Fsp3) is 0.522. The summed E-state index contributed by atoms with van der Waals surface area (Å²) in [7, 11) is 1.62. The van der Waals surface area contributed by atoms with Gasteiger partial charge in [-0.05, 0) is 38.8 Å². The number of rotatable bonds is 10. The van der Waals surface area contributed by atoms with Gasteiger partial charge in [0.2, 0.25) is 5.91 Å². The number of benzene rings is 1. The van der Waals surface area contributed by atoms with Gasteiger partial charge in [-0.15, -0.1) is 16.8 Å². The maximum atomic E-state index is 12.7. The zero-order valence-electron chi connectivity index (χ0n) is 18.5. The predicted octanol–water partition coefficient (Wildman–Crippen LogP) is 4.54. The second-order valence-corrected chi connectivity index (χ2v) is 9.09. The number of carbonyl (C=O) groups is 1. The van der Waals surface area contributed by atoms with E-state index in [1.54, 1.807) is 13.2 Å². The maximum Gasteiger partial charge on any atom is 0.233 e. The van der Waals surface area contributed by atoms with Crippen molar-refractivity contribution in [2.45, 2.75) is 75.0 Å². The van der Waals surface area contributed by atoms with E-state index in [4.69, 9.17) is 9.47 Å². The molecule has 1 aromatic heterocycles. The zero-order chi connectivity index (χ0) is 22.2. The number of allylic oxidation sites excluding steroid dienone is 1. The van der Waals surface area contributed by atoms with Crippen LogP contribution in [-0.4, -0.2) is 39.1 Å². The van der Waals surface area contributed by atoms with Crippen LogP contribution in [0, 0.1) is 0 Å². The summed E-state index contributed by atoms with van der Waals surface area (Å²) in [6.45, 7) is 8.22. The van der Waals surface area contributed by atoms with Crippen LogP contribution >= 0.6 is 11.8 Å². The molecule has 2 atom stereocenters. The fourth-order valence-electron chi connectivity index (χ4n) is 3.70. The number of nitrogens with zero attached hydrogens (tertiary/aromatic N) is 3. The predicted molar refractivity (Wildman–Crippen MR) is 123 cm³/mol. The Hall–Kier alpha value is -2.48. The number of methoxy groups -OCH3 is 1. The minimum atomic E-state index is -0.333. The van der Waals surface area contributed by atoms with Gasteiger partial charge in [0.15, 0.2) is 17.1 Å². The van der Waals surface area contributed by atoms with Crippen molar-refractivity contribution < 1.29 is 14.3 Å². The first-order valence-corrected chi connectivity index (χ1v) is 11.7. The Morgan fingerprint density at radius 2 is 2.03 bits per heavy atom. The molecular weight excluding hydrogens is 412 g/mol. The van der Waals surface area contributed by atoms with E-state index in [0.717, 1.165) is 18.6 Å². The van der Waals surface area contributed by atoms with Gasteiger partial charge in [-0.3, -0.25) is 9.36 Å². The van der Waals surface area contributed by atoms with Crippen LogP contribution < -0.4 is 14.8 Å². The molecule has 1 aliphatic rings. The third-order valence-electron chi connectivity index (χ3n) is 5.38. The lowest BCUT2D eigenvalue weighted by Crippen LogP contribution is -2.40. The summed E-state index contributed by atoms with van der Waals surface area (Å²) in [6.07, 6.45) is 7.24. The van der Waals surface area contributed by atoms with Gasteiger partial charge in [0.05, 0.1) is 12.4 Å². The van der Waals surface area contributed by atoms with Gasteiger partial charge in [-0.1, -0.05) is 43.2 Å². The Balaban J connectivity index is 1.68. The van der Waals surface area contributed by atoms with Gasteiger partial charge in [0, 0.05) is 18.7 Å². The normalized spacial score (nSPS) is 16.4. The molecular formula is C23H32N4O3S. The number of amides is 1. The summed E-state index contributed by atoms with van der Waals surface area (Å²) in [5, 5.41) is 12.3. The molecule has 0 bridgehead atoms. The topological polar surface area (TPSA) is 78.3 Å². The van der Waals surface area contributed by atoms with E-state index >= 15 is 0 Å². The van der Waals surface area contributed by atoms with Crippen LogP contribution in [-0.2, 0) is 11.3 Å². The van der Waals surface area contributed by atoms with E-state index in [2.05, 4.69) is 22.1 Å². The molecule has 1 aromatic carbocycles. The molecule has 8 heteroatoms. The van der Waals surface area contributed by atoms with Crippen molar-refractivity contribution in [2.24, 2.45) is 0 Å². The number of hydrogen-bond donors (Lipinski definition) is 1. The standard InChI is InChI=1S/C23H32N4O3S/c1-5-14-27-21(16(2)30-20-13-9-12-19(15-20)29-4)25-26-23(27)31-17(3)22(28)24-18-10-7-6-8-11-18/h5,9,12-13,15-18H,1,6-8,10-11,14H2,2-4H3,(H,24,28). The van der Waals surface area contributed by atoms with Crippen molar-refractivity contribution in [1.82, 2.24) is 20.1 Å². The molecule has 1 saturated carbocycles. The van der Waals surface area contributed by atoms with Crippen LogP contribution in [0.2, 0.25) is 0 Å². The summed E-state index contributed by atoms with van der Waals surface area (Å²) in [5.41, 5.74) is 0. The summed E-state index contributed by atoms with van der Waals surface area (Å²) < 4.78 is 13.3. The van der Waals surface area contributed by atoms with Crippen molar-refractivity contribution in [3.05, 3.63) is 42.7 Å². The van der Waals surface area contributed by atoms with Crippen molar-refractivity contribution in [3.8, 4) is 11.5 Å². The average Bonchev–Trinajstić information content (AvgIpc) is 3.17. The van der Waals surface area contributed by atoms with Gasteiger partial charge < -0.3 is 14.8 Å². The lowest BCUT2D eigenvalue weighted by atomic mass is 9.95. The first-order valence-electron chi connectivity index (χ1n) is 10.8. The summed E-state index contributed by atoms with van der Waals surface area (Å²) in [5.74, 6) is 2.15. The lowest BCUT2D eigenvalue weighted by molar-refractivity contribution is -0.121. The van der Waals surface area contributed by atoms with Crippen molar-refractivity contribution in [1.29, 1.82) is 0 Å². The van der Waals surface area contributed by atoms with Crippen molar-refractivity contribution >= 4 is 17.7 Å². The van der Waals surface area contributed by atoms with Crippen LogP contribution in [0.5, 0.6) is 11.5 Å². The maximum absolute atomic E-state index is 12.7. The van der Waals surface area contributed by atoms with Crippen LogP contribution in [0.15, 0.2) is 42.1 Å². The third kappa shape index (κ3) is 6.26. The van der Waals surface area contributed by atoms with Crippen LogP contribution in [0.1, 0.15) is 57.9 Å². The second kappa shape index (κ2) is 11.2. The third-order valence-corrected chi connectivity index (χ3v) is 6.46. The highest BCUT2D eigenvalue weighted by atomic mass is 32.2. The molecule has 3 rings (SSSR count). The Morgan fingerprint density at radius 3 is 2.74 bits per heavy atom. The van der Waals surface area contributed by atoms with E-state index < -0.39 is 0 Å². The van der Waals surface area contributed by atoms with Crippen LogP contribution in [0.25, 0.3) is 0 Å². The van der Waals surface area contributed by atoms with Crippen molar-refractivity contribution in [2.75, 3.05) is 7.11 Å². The minimum absolute atomic E-state index is 0.0484. The van der Waals surface area contributed by atoms with Crippen LogP contribution in [0.4, 0.5) is 0 Å². The Morgan fingerprint density at radius 1 is 1.29 bits per heavy atom. The molecule has 1 amide bonds. The van der Waals surface area contributed by atoms with Gasteiger partial charge >= 0.3 is 0 Å². The average molecular weight is 445 g/mol. The molecule has 1 aliphatic carbocycles. The number of carbonyl (C=O) groups excluding carboxylic acids is 1. The van der Waals surface area contributed by atoms with E-state index in [1.807, 2.05) is 42.7 Å². The van der Waals surface area contributed by atoms with Gasteiger partial charge in [0.1, 0.15) is 11.5 Å². The summed E-state index contributed by atoms with van der Waals surface area (Å²) in [4.78, 5) is 12.7. The molecule has 0 spiro atoms. The highest BCUT2D eigenvalue weighted by molar-refractivity contribution is 8.00. The monoisotopic (exact) mass is 444 g/mol. The highest BCUT2D eigenvalue weighted by Crippen LogP contribution is 2.28.